The number of hydrogen-bond donors (Lipinski definition) is 2. The molecule has 0 aromatic carbocycles. The van der Waals surface area contributed by atoms with E-state index < -0.39 is 11.9 Å². The van der Waals surface area contributed by atoms with Crippen molar-refractivity contribution in [3.8, 4) is 0 Å². The van der Waals surface area contributed by atoms with Crippen molar-refractivity contribution in [3.63, 3.8) is 0 Å². The zero-order valence-electron chi connectivity index (χ0n) is 13.6. The summed E-state index contributed by atoms with van der Waals surface area (Å²) < 4.78 is 0. The zero-order chi connectivity index (χ0) is 16.1. The highest BCUT2D eigenvalue weighted by Gasteiger charge is 2.18. The van der Waals surface area contributed by atoms with E-state index in [-0.39, 0.29) is 12.3 Å². The smallest absolute Gasteiger partial charge is 0.310 e. The summed E-state index contributed by atoms with van der Waals surface area (Å²) in [4.78, 5) is 22.7. The van der Waals surface area contributed by atoms with E-state index in [4.69, 9.17) is 5.11 Å². The highest BCUT2D eigenvalue weighted by atomic mass is 16.4. The molecule has 0 aliphatic rings. The molecule has 0 aliphatic carbocycles. The van der Waals surface area contributed by atoms with Crippen LogP contribution in [-0.2, 0) is 9.59 Å². The summed E-state index contributed by atoms with van der Waals surface area (Å²) in [7, 11) is 3.39. The van der Waals surface area contributed by atoms with Gasteiger partial charge in [0.1, 0.15) is 0 Å². The maximum Gasteiger partial charge on any atom is 0.310 e. The Bertz CT molecular complexity index is 327. The molecule has 5 nitrogen and oxygen atoms in total. The lowest BCUT2D eigenvalue weighted by Gasteiger charge is -2.13. The fraction of sp³-hybridized carbons (Fsp3) is 0.750. The molecule has 0 bridgehead atoms. The van der Waals surface area contributed by atoms with Gasteiger partial charge in [0.15, 0.2) is 0 Å². The highest BCUT2D eigenvalue weighted by Crippen LogP contribution is 2.10. The van der Waals surface area contributed by atoms with Crippen LogP contribution in [0.5, 0.6) is 0 Å². The molecule has 0 rings (SSSR count). The summed E-state index contributed by atoms with van der Waals surface area (Å²) in [6, 6.07) is 0. The summed E-state index contributed by atoms with van der Waals surface area (Å²) in [5.41, 5.74) is 2.56. The molecule has 5 heteroatoms. The van der Waals surface area contributed by atoms with Crippen molar-refractivity contribution in [2.75, 3.05) is 14.1 Å². The number of carbonyl (C=O) groups is 2. The normalized spacial score (nSPS) is 12.8. The van der Waals surface area contributed by atoms with Crippen LogP contribution in [0.25, 0.3) is 0 Å². The molecule has 0 aromatic rings. The molecule has 0 saturated carbocycles. The quantitative estimate of drug-likeness (QED) is 0.330. The third kappa shape index (κ3) is 12.1. The van der Waals surface area contributed by atoms with E-state index in [0.717, 1.165) is 12.8 Å². The number of nitrogens with zero attached hydrogens (tertiary/aromatic N) is 1. The first-order chi connectivity index (χ1) is 9.97. The lowest BCUT2D eigenvalue weighted by atomic mass is 10.0. The number of unbranched alkanes of at least 4 members (excludes halogenated alkanes) is 6. The number of amides is 1. The van der Waals surface area contributed by atoms with Gasteiger partial charge in [-0.3, -0.25) is 15.0 Å². The van der Waals surface area contributed by atoms with Crippen LogP contribution in [-0.4, -0.2) is 36.1 Å². The average molecular weight is 298 g/mol. The maximum absolute atomic E-state index is 11.6. The fourth-order valence-corrected chi connectivity index (χ4v) is 2.04. The number of carbonyl (C=O) groups excluding carboxylic acids is 1. The average Bonchev–Trinajstić information content (AvgIpc) is 2.39. The zero-order valence-corrected chi connectivity index (χ0v) is 13.6. The summed E-state index contributed by atoms with van der Waals surface area (Å²) in [5.74, 6) is -1.98. The molecule has 0 saturated heterocycles. The molecule has 2 N–H and O–H groups in total. The van der Waals surface area contributed by atoms with Gasteiger partial charge >= 0.3 is 5.97 Å². The van der Waals surface area contributed by atoms with Gasteiger partial charge in [-0.05, 0) is 12.8 Å². The molecule has 1 atom stereocenters. The Balaban J connectivity index is 3.95. The van der Waals surface area contributed by atoms with Gasteiger partial charge in [0.05, 0.1) is 5.92 Å². The Morgan fingerprint density at radius 1 is 1.14 bits per heavy atom. The lowest BCUT2D eigenvalue weighted by Crippen LogP contribution is -2.37. The monoisotopic (exact) mass is 298 g/mol. The Hall–Kier alpha value is -1.36. The fourth-order valence-electron chi connectivity index (χ4n) is 2.04. The van der Waals surface area contributed by atoms with Crippen LogP contribution >= 0.6 is 0 Å². The molecule has 0 radical (unpaired) electrons. The second-order valence-corrected chi connectivity index (χ2v) is 5.56. The first-order valence-electron chi connectivity index (χ1n) is 7.83. The van der Waals surface area contributed by atoms with E-state index in [1.54, 1.807) is 20.2 Å². The van der Waals surface area contributed by atoms with Crippen molar-refractivity contribution in [1.29, 1.82) is 0 Å². The first-order valence-corrected chi connectivity index (χ1v) is 7.83. The SMILES string of the molecule is CCCCCCCCC=CC(CC(=O)NN(C)C)C(=O)O. The summed E-state index contributed by atoms with van der Waals surface area (Å²) in [5, 5.41) is 10.6. The third-order valence-electron chi connectivity index (χ3n) is 3.16. The van der Waals surface area contributed by atoms with Gasteiger partial charge in [0.2, 0.25) is 5.91 Å². The Morgan fingerprint density at radius 3 is 2.33 bits per heavy atom. The van der Waals surface area contributed by atoms with Crippen molar-refractivity contribution < 1.29 is 14.7 Å². The summed E-state index contributed by atoms with van der Waals surface area (Å²) >= 11 is 0. The molecule has 21 heavy (non-hydrogen) atoms. The van der Waals surface area contributed by atoms with E-state index in [1.807, 2.05) is 6.08 Å². The molecular weight excluding hydrogens is 268 g/mol. The van der Waals surface area contributed by atoms with E-state index in [9.17, 15) is 9.59 Å². The number of carboxylic acids is 1. The molecular formula is C16H30N2O3. The van der Waals surface area contributed by atoms with Crippen molar-refractivity contribution in [2.45, 2.75) is 58.3 Å². The Labute approximate surface area is 128 Å². The largest absolute Gasteiger partial charge is 0.481 e. The van der Waals surface area contributed by atoms with Gasteiger partial charge in [-0.25, -0.2) is 5.01 Å². The minimum Gasteiger partial charge on any atom is -0.481 e. The van der Waals surface area contributed by atoms with Crippen LogP contribution in [0.15, 0.2) is 12.2 Å². The molecule has 0 heterocycles. The highest BCUT2D eigenvalue weighted by molar-refractivity contribution is 5.83. The molecule has 0 spiro atoms. The number of hydrazine groups is 1. The van der Waals surface area contributed by atoms with E-state index in [2.05, 4.69) is 12.3 Å². The number of allylic oxidation sites excluding steroid dienone is 1. The van der Waals surface area contributed by atoms with Crippen molar-refractivity contribution in [2.24, 2.45) is 5.92 Å². The number of nitrogens with one attached hydrogen (secondary N) is 1. The van der Waals surface area contributed by atoms with Crippen LogP contribution in [0.3, 0.4) is 0 Å². The van der Waals surface area contributed by atoms with Crippen molar-refractivity contribution in [3.05, 3.63) is 12.2 Å². The molecule has 0 fully saturated rings. The first kappa shape index (κ1) is 19.6. The van der Waals surface area contributed by atoms with E-state index >= 15 is 0 Å². The third-order valence-corrected chi connectivity index (χ3v) is 3.16. The number of hydrogen-bond acceptors (Lipinski definition) is 3. The van der Waals surface area contributed by atoms with Crippen molar-refractivity contribution >= 4 is 11.9 Å². The van der Waals surface area contributed by atoms with Gasteiger partial charge < -0.3 is 5.11 Å². The molecule has 1 unspecified atom stereocenters. The number of rotatable bonds is 12. The standard InChI is InChI=1S/C16H30N2O3/c1-4-5-6-7-8-9-10-11-12-14(16(20)21)13-15(19)17-18(2)3/h11-12,14H,4-10,13H2,1-3H3,(H,17,19)(H,20,21). The second kappa shape index (κ2) is 12.4. The topological polar surface area (TPSA) is 69.6 Å². The van der Waals surface area contributed by atoms with Crippen LogP contribution in [0.4, 0.5) is 0 Å². The Kier molecular flexibility index (Phi) is 11.6. The van der Waals surface area contributed by atoms with Crippen LogP contribution in [0.2, 0.25) is 0 Å². The minimum atomic E-state index is -0.955. The molecule has 0 aliphatic heterocycles. The van der Waals surface area contributed by atoms with E-state index in [1.165, 1.54) is 37.1 Å². The predicted molar refractivity (Wildman–Crippen MR) is 84.7 cm³/mol. The van der Waals surface area contributed by atoms with Gasteiger partial charge in [0, 0.05) is 20.5 Å². The number of aliphatic carboxylic acids is 1. The lowest BCUT2D eigenvalue weighted by molar-refractivity contribution is -0.142. The van der Waals surface area contributed by atoms with Gasteiger partial charge in [-0.15, -0.1) is 0 Å². The summed E-state index contributed by atoms with van der Waals surface area (Å²) in [6.07, 6.45) is 11.7. The molecule has 122 valence electrons. The second-order valence-electron chi connectivity index (χ2n) is 5.56. The van der Waals surface area contributed by atoms with Crippen LogP contribution < -0.4 is 5.43 Å². The van der Waals surface area contributed by atoms with Crippen LogP contribution in [0, 0.1) is 5.92 Å². The van der Waals surface area contributed by atoms with Crippen LogP contribution in [0.1, 0.15) is 58.3 Å². The summed E-state index contributed by atoms with van der Waals surface area (Å²) in [6.45, 7) is 2.20. The van der Waals surface area contributed by atoms with Gasteiger partial charge in [-0.1, -0.05) is 51.2 Å². The maximum atomic E-state index is 11.6. The van der Waals surface area contributed by atoms with Crippen molar-refractivity contribution in [1.82, 2.24) is 10.4 Å². The Morgan fingerprint density at radius 2 is 1.76 bits per heavy atom. The predicted octanol–water partition coefficient (Wildman–Crippen LogP) is 2.98. The number of carboxylic acid groups (broad SMARTS) is 1. The molecule has 1 amide bonds. The van der Waals surface area contributed by atoms with Gasteiger partial charge in [0.25, 0.3) is 0 Å². The van der Waals surface area contributed by atoms with Gasteiger partial charge in [-0.2, -0.15) is 0 Å². The van der Waals surface area contributed by atoms with E-state index in [0.29, 0.717) is 0 Å². The molecule has 0 aromatic heterocycles. The minimum absolute atomic E-state index is 0.0273.